The Labute approximate surface area is 195 Å². The molecule has 0 aromatic carbocycles. The zero-order valence-electron chi connectivity index (χ0n) is 17.9. The van der Waals surface area contributed by atoms with Crippen molar-refractivity contribution in [3.8, 4) is 0 Å². The third-order valence-electron chi connectivity index (χ3n) is 8.11. The fourth-order valence-corrected chi connectivity index (χ4v) is 7.16. The molecule has 4 heteroatoms. The highest BCUT2D eigenvalue weighted by atomic mass is 127. The van der Waals surface area contributed by atoms with E-state index >= 15 is 0 Å². The zero-order valence-corrected chi connectivity index (χ0v) is 22.2. The summed E-state index contributed by atoms with van der Waals surface area (Å²) >= 11 is 5.40. The van der Waals surface area contributed by atoms with E-state index in [9.17, 15) is 4.91 Å². The summed E-state index contributed by atoms with van der Waals surface area (Å²) in [5, 5.41) is 3.50. The number of hydrogen-bond donors (Lipinski definition) is 0. The molecule has 0 saturated heterocycles. The summed E-state index contributed by atoms with van der Waals surface area (Å²) in [4.78, 5) is 11.3. The topological polar surface area (TPSA) is 29.4 Å². The summed E-state index contributed by atoms with van der Waals surface area (Å²) in [6.45, 7) is 7.31. The molecular formula is C23H41I2NO. The third-order valence-corrected chi connectivity index (χ3v) is 10.3. The van der Waals surface area contributed by atoms with Gasteiger partial charge in [-0.25, -0.2) is 0 Å². The molecule has 27 heavy (non-hydrogen) atoms. The molecule has 158 valence electrons. The van der Waals surface area contributed by atoms with Crippen molar-refractivity contribution in [2.75, 3.05) is 0 Å². The minimum Gasteiger partial charge on any atom is -0.150 e. The second kappa shape index (κ2) is 10.4. The lowest BCUT2D eigenvalue weighted by Gasteiger charge is -2.49. The Morgan fingerprint density at radius 1 is 0.556 bits per heavy atom. The molecule has 2 fully saturated rings. The maximum Gasteiger partial charge on any atom is 0.0998 e. The van der Waals surface area contributed by atoms with E-state index in [4.69, 9.17) is 0 Å². The second-order valence-corrected chi connectivity index (χ2v) is 16.6. The van der Waals surface area contributed by atoms with Gasteiger partial charge in [0.2, 0.25) is 0 Å². The molecule has 2 aliphatic rings. The van der Waals surface area contributed by atoms with Crippen LogP contribution in [0.3, 0.4) is 0 Å². The Kier molecular flexibility index (Phi) is 9.36. The first-order valence-electron chi connectivity index (χ1n) is 11.4. The average Bonchev–Trinajstić information content (AvgIpc) is 2.63. The Hall–Kier alpha value is 1.06. The van der Waals surface area contributed by atoms with Gasteiger partial charge in [0.1, 0.15) is 0 Å². The van der Waals surface area contributed by atoms with Crippen LogP contribution >= 0.6 is 45.2 Å². The predicted octanol–water partition coefficient (Wildman–Crippen LogP) is 9.36. The van der Waals surface area contributed by atoms with Crippen LogP contribution in [0, 0.1) is 15.7 Å². The Morgan fingerprint density at radius 3 is 1.19 bits per heavy atom. The molecule has 0 aromatic heterocycles. The van der Waals surface area contributed by atoms with Crippen LogP contribution < -0.4 is 0 Å². The predicted molar refractivity (Wildman–Crippen MR) is 135 cm³/mol. The maximum atomic E-state index is 11.3. The number of nitroso groups, excluding NO2 is 1. The molecule has 2 nitrogen and oxygen atoms in total. The minimum atomic E-state index is -0.306. The van der Waals surface area contributed by atoms with E-state index in [1.54, 1.807) is 0 Å². The quantitative estimate of drug-likeness (QED) is 0.176. The number of hydrogen-bond acceptors (Lipinski definition) is 2. The Morgan fingerprint density at radius 2 is 0.852 bits per heavy atom. The number of halogens is 2. The van der Waals surface area contributed by atoms with Crippen molar-refractivity contribution in [3.05, 3.63) is 4.91 Å². The van der Waals surface area contributed by atoms with Gasteiger partial charge >= 0.3 is 0 Å². The van der Waals surface area contributed by atoms with Gasteiger partial charge in [0.25, 0.3) is 0 Å². The van der Waals surface area contributed by atoms with Gasteiger partial charge in [0.05, 0.1) is 6.97 Å². The fourth-order valence-electron chi connectivity index (χ4n) is 5.64. The van der Waals surface area contributed by atoms with Crippen molar-refractivity contribution in [2.45, 2.75) is 130 Å². The number of alkyl halides is 2. The van der Waals surface area contributed by atoms with Gasteiger partial charge in [0.15, 0.2) is 0 Å². The molecule has 2 rings (SSSR count). The molecule has 0 aromatic rings. The van der Waals surface area contributed by atoms with Gasteiger partial charge in [-0.15, -0.1) is 0 Å². The molecule has 2 aliphatic carbocycles. The Balaban J connectivity index is 2.06. The van der Waals surface area contributed by atoms with Crippen molar-refractivity contribution in [1.29, 1.82) is 0 Å². The van der Waals surface area contributed by atoms with E-state index < -0.39 is 0 Å². The van der Waals surface area contributed by atoms with Crippen molar-refractivity contribution in [2.24, 2.45) is 16.0 Å². The van der Waals surface area contributed by atoms with E-state index in [-0.39, 0.29) is 5.54 Å². The van der Waals surface area contributed by atoms with Crippen LogP contribution in [0.2, 0.25) is 0 Å². The van der Waals surface area contributed by atoms with Gasteiger partial charge in [-0.3, -0.25) is 0 Å². The lowest BCUT2D eigenvalue weighted by atomic mass is 9.56. The smallest absolute Gasteiger partial charge is 0.0998 e. The van der Waals surface area contributed by atoms with Crippen molar-refractivity contribution >= 4 is 45.2 Å². The minimum absolute atomic E-state index is 0.306. The maximum absolute atomic E-state index is 11.3. The molecule has 0 bridgehead atoms. The molecule has 0 spiro atoms. The van der Waals surface area contributed by atoms with E-state index in [0.717, 1.165) is 12.8 Å². The van der Waals surface area contributed by atoms with Gasteiger partial charge in [-0.1, -0.05) is 116 Å². The van der Waals surface area contributed by atoms with Crippen LogP contribution in [0.1, 0.15) is 124 Å². The summed E-state index contributed by atoms with van der Waals surface area (Å²) in [7, 11) is 0. The summed E-state index contributed by atoms with van der Waals surface area (Å²) in [5.74, 6) is 0. The molecule has 0 atom stereocenters. The molecule has 0 unspecified atom stereocenters. The van der Waals surface area contributed by atoms with Crippen molar-refractivity contribution in [3.63, 3.8) is 0 Å². The molecule has 0 aliphatic heterocycles. The lowest BCUT2D eigenvalue weighted by Crippen LogP contribution is -2.39. The van der Waals surface area contributed by atoms with Crippen LogP contribution in [0.5, 0.6) is 0 Å². The summed E-state index contributed by atoms with van der Waals surface area (Å²) in [6, 6.07) is 0. The van der Waals surface area contributed by atoms with E-state index in [2.05, 4.69) is 71.1 Å². The van der Waals surface area contributed by atoms with Gasteiger partial charge in [-0.2, -0.15) is 4.91 Å². The fraction of sp³-hybridized carbons (Fsp3) is 1.00. The highest BCUT2D eigenvalue weighted by molar-refractivity contribution is 14.2. The number of nitrogens with zero attached hydrogens (tertiary/aromatic N) is 1. The number of rotatable bonds is 2. The first-order valence-corrected chi connectivity index (χ1v) is 13.5. The van der Waals surface area contributed by atoms with Crippen molar-refractivity contribution < 1.29 is 0 Å². The highest BCUT2D eigenvalue weighted by Crippen LogP contribution is 2.54. The van der Waals surface area contributed by atoms with E-state index in [1.165, 1.54) is 89.9 Å². The van der Waals surface area contributed by atoms with Gasteiger partial charge in [-0.05, 0) is 69.1 Å². The van der Waals surface area contributed by atoms with Crippen LogP contribution in [0.15, 0.2) is 5.18 Å². The molecule has 0 amide bonds. The first kappa shape index (κ1) is 24.3. The summed E-state index contributed by atoms with van der Waals surface area (Å²) in [6.07, 6.45) is 20.6. The normalized spacial score (nSPS) is 36.5. The first-order chi connectivity index (χ1) is 12.6. The SMILES string of the molecule is CC1(N=O)CCCCC(C)(C2(C)CCCCC(I)(I)CCCC2)CCCC1. The van der Waals surface area contributed by atoms with Crippen LogP contribution in [0.4, 0.5) is 0 Å². The molecule has 0 N–H and O–H groups in total. The standard InChI is InChI=1S/C23H41I2NO/c1-20(12-4-8-16-22(3,26-27)17-9-5-13-20)21(2)14-6-10-18-23(24,25)19-11-7-15-21/h4-19H2,1-3H3. The molecular weight excluding hydrogens is 560 g/mol. The van der Waals surface area contributed by atoms with E-state index in [1.807, 2.05) is 0 Å². The van der Waals surface area contributed by atoms with Crippen molar-refractivity contribution in [1.82, 2.24) is 0 Å². The second-order valence-electron chi connectivity index (χ2n) is 10.4. The third kappa shape index (κ3) is 7.06. The Bertz CT molecular complexity index is 451. The van der Waals surface area contributed by atoms with Gasteiger partial charge in [0, 0.05) is 0 Å². The molecule has 0 radical (unpaired) electrons. The summed E-state index contributed by atoms with van der Waals surface area (Å²) in [5.41, 5.74) is 0.634. The lowest BCUT2D eigenvalue weighted by molar-refractivity contribution is 0.0179. The molecule has 2 saturated carbocycles. The largest absolute Gasteiger partial charge is 0.150 e. The monoisotopic (exact) mass is 601 g/mol. The summed E-state index contributed by atoms with van der Waals surface area (Å²) < 4.78 is 0.489. The highest BCUT2D eigenvalue weighted by Gasteiger charge is 2.43. The zero-order chi connectivity index (χ0) is 20.0. The van der Waals surface area contributed by atoms with Crippen LogP contribution in [0.25, 0.3) is 0 Å². The van der Waals surface area contributed by atoms with E-state index in [0.29, 0.717) is 12.3 Å². The average molecular weight is 601 g/mol. The van der Waals surface area contributed by atoms with Gasteiger partial charge < -0.3 is 0 Å². The van der Waals surface area contributed by atoms with Crippen LogP contribution in [-0.4, -0.2) is 6.97 Å². The molecule has 0 heterocycles. The van der Waals surface area contributed by atoms with Crippen LogP contribution in [-0.2, 0) is 0 Å².